The molecule has 0 atom stereocenters. The number of alkyl halides is 3. The molecule has 1 aromatic carbocycles. The molecule has 7 heteroatoms. The normalized spacial score (nSPS) is 18.6. The zero-order chi connectivity index (χ0) is 16.0. The molecule has 2 aromatic rings. The Morgan fingerprint density at radius 3 is 2.55 bits per heavy atom. The Morgan fingerprint density at radius 1 is 1.23 bits per heavy atom. The predicted molar refractivity (Wildman–Crippen MR) is 74.4 cm³/mol. The van der Waals surface area contributed by atoms with Gasteiger partial charge in [0.15, 0.2) is 5.60 Å². The number of carbonyl (C=O) groups is 1. The van der Waals surface area contributed by atoms with E-state index < -0.39 is 24.6 Å². The van der Waals surface area contributed by atoms with Crippen LogP contribution in [0.2, 0.25) is 0 Å². The third-order valence-electron chi connectivity index (χ3n) is 4.22. The minimum Gasteiger partial charge on any atom is -0.380 e. The predicted octanol–water partition coefficient (Wildman–Crippen LogP) is 2.70. The minimum atomic E-state index is -4.67. The van der Waals surface area contributed by atoms with Crippen LogP contribution in [-0.4, -0.2) is 45.8 Å². The monoisotopic (exact) mass is 312 g/mol. The molecule has 0 unspecified atom stereocenters. The van der Waals surface area contributed by atoms with E-state index in [2.05, 4.69) is 4.98 Å². The van der Waals surface area contributed by atoms with Gasteiger partial charge < -0.3 is 15.0 Å². The summed E-state index contributed by atoms with van der Waals surface area (Å²) in [5, 5.41) is 10.5. The summed E-state index contributed by atoms with van der Waals surface area (Å²) in [6, 6.07) is 7.05. The number of aromatic nitrogens is 1. The topological polar surface area (TPSA) is 56.3 Å². The highest BCUT2D eigenvalue weighted by molar-refractivity contribution is 6.05. The molecular weight excluding hydrogens is 297 g/mol. The van der Waals surface area contributed by atoms with Crippen LogP contribution in [0, 0.1) is 0 Å². The number of amides is 1. The summed E-state index contributed by atoms with van der Waals surface area (Å²) in [7, 11) is 0. The van der Waals surface area contributed by atoms with Crippen LogP contribution >= 0.6 is 0 Å². The molecule has 1 aliphatic rings. The number of aromatic amines is 1. The average Bonchev–Trinajstić information content (AvgIpc) is 2.94. The number of aliphatic hydroxyl groups is 1. The lowest BCUT2D eigenvalue weighted by atomic mass is 9.90. The molecule has 1 aromatic heterocycles. The summed E-state index contributed by atoms with van der Waals surface area (Å²) in [6.07, 6.45) is -3.95. The average molecular weight is 312 g/mol. The van der Waals surface area contributed by atoms with E-state index >= 15 is 0 Å². The molecule has 22 heavy (non-hydrogen) atoms. The van der Waals surface area contributed by atoms with E-state index in [1.807, 2.05) is 12.1 Å². The number of fused-ring (bicyclic) bond motifs is 1. The second-order valence-corrected chi connectivity index (χ2v) is 5.57. The van der Waals surface area contributed by atoms with Gasteiger partial charge in [0.1, 0.15) is 0 Å². The van der Waals surface area contributed by atoms with Crippen molar-refractivity contribution in [3.63, 3.8) is 0 Å². The van der Waals surface area contributed by atoms with Crippen molar-refractivity contribution in [2.75, 3.05) is 13.1 Å². The third-order valence-corrected chi connectivity index (χ3v) is 4.22. The van der Waals surface area contributed by atoms with Crippen molar-refractivity contribution in [2.24, 2.45) is 0 Å². The van der Waals surface area contributed by atoms with Gasteiger partial charge in [0.2, 0.25) is 0 Å². The number of hydrogen-bond donors (Lipinski definition) is 2. The molecule has 1 fully saturated rings. The van der Waals surface area contributed by atoms with E-state index in [4.69, 9.17) is 0 Å². The number of benzene rings is 1. The summed E-state index contributed by atoms with van der Waals surface area (Å²) < 4.78 is 38.4. The van der Waals surface area contributed by atoms with Crippen molar-refractivity contribution in [2.45, 2.75) is 24.6 Å². The first-order valence-electron chi connectivity index (χ1n) is 6.96. The van der Waals surface area contributed by atoms with Crippen molar-refractivity contribution >= 4 is 16.8 Å². The summed E-state index contributed by atoms with van der Waals surface area (Å²) in [5.74, 6) is -0.322. The van der Waals surface area contributed by atoms with Crippen molar-refractivity contribution in [3.8, 4) is 0 Å². The molecule has 0 saturated carbocycles. The highest BCUT2D eigenvalue weighted by Gasteiger charge is 2.54. The van der Waals surface area contributed by atoms with Crippen LogP contribution in [0.15, 0.2) is 30.5 Å². The van der Waals surface area contributed by atoms with Crippen molar-refractivity contribution in [1.82, 2.24) is 9.88 Å². The van der Waals surface area contributed by atoms with Gasteiger partial charge in [-0.3, -0.25) is 4.79 Å². The Bertz CT molecular complexity index is 700. The number of nitrogens with one attached hydrogen (secondary N) is 1. The first kappa shape index (κ1) is 14.9. The zero-order valence-electron chi connectivity index (χ0n) is 11.7. The molecule has 0 radical (unpaired) electrons. The lowest BCUT2D eigenvalue weighted by Gasteiger charge is -2.39. The Hall–Kier alpha value is -2.02. The number of hydrogen-bond acceptors (Lipinski definition) is 2. The Kier molecular flexibility index (Phi) is 3.40. The van der Waals surface area contributed by atoms with E-state index in [9.17, 15) is 23.1 Å². The van der Waals surface area contributed by atoms with E-state index in [0.717, 1.165) is 5.39 Å². The van der Waals surface area contributed by atoms with E-state index in [0.29, 0.717) is 11.1 Å². The largest absolute Gasteiger partial charge is 0.417 e. The van der Waals surface area contributed by atoms with Gasteiger partial charge in [0, 0.05) is 37.5 Å². The van der Waals surface area contributed by atoms with Gasteiger partial charge in [-0.2, -0.15) is 13.2 Å². The van der Waals surface area contributed by atoms with Crippen molar-refractivity contribution in [1.29, 1.82) is 0 Å². The second-order valence-electron chi connectivity index (χ2n) is 5.57. The molecule has 1 amide bonds. The highest BCUT2D eigenvalue weighted by Crippen LogP contribution is 2.38. The standard InChI is InChI=1S/C15H15F3N2O2/c16-15(17,18)14(22)5-8-20(9-6-14)13(21)11-3-1-2-10-4-7-19-12(10)11/h1-4,7,19,22H,5-6,8-9H2. The molecule has 4 nitrogen and oxygen atoms in total. The second kappa shape index (κ2) is 5.01. The van der Waals surface area contributed by atoms with E-state index in [1.165, 1.54) is 4.90 Å². The smallest absolute Gasteiger partial charge is 0.380 e. The Balaban J connectivity index is 1.80. The lowest BCUT2D eigenvalue weighted by molar-refractivity contribution is -0.271. The third kappa shape index (κ3) is 2.35. The number of likely N-dealkylation sites (tertiary alicyclic amines) is 1. The molecule has 2 N–H and O–H groups in total. The van der Waals surface area contributed by atoms with Crippen LogP contribution in [0.25, 0.3) is 10.9 Å². The lowest BCUT2D eigenvalue weighted by Crippen LogP contribution is -2.54. The van der Waals surface area contributed by atoms with Crippen LogP contribution in [0.5, 0.6) is 0 Å². The molecule has 0 bridgehead atoms. The maximum absolute atomic E-state index is 12.8. The zero-order valence-corrected chi connectivity index (χ0v) is 11.7. The highest BCUT2D eigenvalue weighted by atomic mass is 19.4. The van der Waals surface area contributed by atoms with Gasteiger partial charge >= 0.3 is 6.18 Å². The number of rotatable bonds is 1. The Labute approximate surface area is 124 Å². The molecular formula is C15H15F3N2O2. The maximum Gasteiger partial charge on any atom is 0.417 e. The fourth-order valence-electron chi connectivity index (χ4n) is 2.80. The molecule has 0 spiro atoms. The van der Waals surface area contributed by atoms with Gasteiger partial charge in [-0.15, -0.1) is 0 Å². The number of halogens is 3. The molecule has 1 saturated heterocycles. The van der Waals surface area contributed by atoms with Gasteiger partial charge in [0.05, 0.1) is 11.1 Å². The van der Waals surface area contributed by atoms with Gasteiger partial charge in [0.25, 0.3) is 5.91 Å². The van der Waals surface area contributed by atoms with Gasteiger partial charge in [-0.05, 0) is 12.1 Å². The van der Waals surface area contributed by atoms with Crippen molar-refractivity contribution < 1.29 is 23.1 Å². The quantitative estimate of drug-likeness (QED) is 0.850. The van der Waals surface area contributed by atoms with Crippen molar-refractivity contribution in [3.05, 3.63) is 36.0 Å². The number of para-hydroxylation sites is 1. The first-order valence-corrected chi connectivity index (χ1v) is 6.96. The molecule has 0 aliphatic carbocycles. The van der Waals surface area contributed by atoms with Crippen LogP contribution in [0.4, 0.5) is 13.2 Å². The minimum absolute atomic E-state index is 0.119. The van der Waals surface area contributed by atoms with Gasteiger partial charge in [-0.25, -0.2) is 0 Å². The summed E-state index contributed by atoms with van der Waals surface area (Å²) in [6.45, 7) is -0.238. The molecule has 1 aliphatic heterocycles. The van der Waals surface area contributed by atoms with E-state index in [-0.39, 0.29) is 19.0 Å². The number of piperidine rings is 1. The Morgan fingerprint density at radius 2 is 1.91 bits per heavy atom. The van der Waals surface area contributed by atoms with E-state index in [1.54, 1.807) is 18.3 Å². The van der Waals surface area contributed by atoms with Crippen LogP contribution in [-0.2, 0) is 0 Å². The summed E-state index contributed by atoms with van der Waals surface area (Å²) in [5.41, 5.74) is -1.59. The first-order chi connectivity index (χ1) is 10.3. The van der Waals surface area contributed by atoms with Crippen LogP contribution in [0.3, 0.4) is 0 Å². The molecule has 2 heterocycles. The van der Waals surface area contributed by atoms with Crippen LogP contribution in [0.1, 0.15) is 23.2 Å². The van der Waals surface area contributed by atoms with Gasteiger partial charge in [-0.1, -0.05) is 12.1 Å². The SMILES string of the molecule is O=C(c1cccc2cc[nH]c12)N1CCC(O)(C(F)(F)F)CC1. The summed E-state index contributed by atoms with van der Waals surface area (Å²) >= 11 is 0. The molecule has 118 valence electrons. The fraction of sp³-hybridized carbons (Fsp3) is 0.400. The maximum atomic E-state index is 12.8. The fourth-order valence-corrected chi connectivity index (χ4v) is 2.80. The number of nitrogens with zero attached hydrogens (tertiary/aromatic N) is 1. The summed E-state index contributed by atoms with van der Waals surface area (Å²) in [4.78, 5) is 16.8. The number of carbonyl (C=O) groups excluding carboxylic acids is 1. The molecule has 3 rings (SSSR count). The number of H-pyrrole nitrogens is 1. The van der Waals surface area contributed by atoms with Crippen LogP contribution < -0.4 is 0 Å².